The maximum absolute atomic E-state index is 9.69. The zero-order chi connectivity index (χ0) is 10.7. The molecule has 1 rings (SSSR count). The molecule has 0 amide bonds. The van der Waals surface area contributed by atoms with Gasteiger partial charge >= 0.3 is 0 Å². The summed E-state index contributed by atoms with van der Waals surface area (Å²) in [6, 6.07) is 0. The number of pyridine rings is 1. The number of aliphatic hydroxyl groups is 1. The summed E-state index contributed by atoms with van der Waals surface area (Å²) in [6.45, 7) is 3.49. The van der Waals surface area contributed by atoms with E-state index in [1.165, 1.54) is 0 Å². The van der Waals surface area contributed by atoms with E-state index in [0.717, 1.165) is 23.0 Å². The molecule has 0 aliphatic carbocycles. The molecule has 0 saturated heterocycles. The molecule has 0 bridgehead atoms. The predicted molar refractivity (Wildman–Crippen MR) is 58.8 cm³/mol. The van der Waals surface area contributed by atoms with E-state index < -0.39 is 0 Å². The van der Waals surface area contributed by atoms with E-state index in [1.807, 2.05) is 6.92 Å². The maximum atomic E-state index is 9.69. The monoisotopic (exact) mass is 259 g/mol. The van der Waals surface area contributed by atoms with Crippen molar-refractivity contribution in [3.05, 3.63) is 22.5 Å². The van der Waals surface area contributed by atoms with Crippen LogP contribution in [0.3, 0.4) is 0 Å². The molecule has 3 nitrogen and oxygen atoms in total. The lowest BCUT2D eigenvalue weighted by molar-refractivity contribution is 0.273. The number of alkyl halides is 1. The molecular weight excluding hydrogens is 246 g/mol. The highest BCUT2D eigenvalue weighted by molar-refractivity contribution is 9.09. The van der Waals surface area contributed by atoms with E-state index in [2.05, 4.69) is 20.9 Å². The molecule has 0 saturated carbocycles. The van der Waals surface area contributed by atoms with Crippen molar-refractivity contribution >= 4 is 15.9 Å². The SMILES string of the molecule is Cc1nc(C)c(CCBr)c(CO)c1O. The average molecular weight is 260 g/mol. The Morgan fingerprint density at radius 1 is 1.21 bits per heavy atom. The summed E-state index contributed by atoms with van der Waals surface area (Å²) < 4.78 is 0. The van der Waals surface area contributed by atoms with Crippen LogP contribution in [0.2, 0.25) is 0 Å². The summed E-state index contributed by atoms with van der Waals surface area (Å²) in [4.78, 5) is 4.22. The Balaban J connectivity index is 3.31. The molecule has 0 fully saturated rings. The Labute approximate surface area is 91.9 Å². The van der Waals surface area contributed by atoms with Crippen molar-refractivity contribution in [1.82, 2.24) is 4.98 Å². The van der Waals surface area contributed by atoms with Crippen LogP contribution in [0.25, 0.3) is 0 Å². The lowest BCUT2D eigenvalue weighted by atomic mass is 10.0. The number of nitrogens with zero attached hydrogens (tertiary/aromatic N) is 1. The molecular formula is C10H14BrNO2. The molecule has 0 unspecified atom stereocenters. The van der Waals surface area contributed by atoms with Crippen LogP contribution in [0.1, 0.15) is 22.5 Å². The molecule has 1 aromatic heterocycles. The lowest BCUT2D eigenvalue weighted by Crippen LogP contribution is -2.03. The van der Waals surface area contributed by atoms with Crippen LogP contribution in [0.4, 0.5) is 0 Å². The third-order valence-corrected chi connectivity index (χ3v) is 2.66. The normalized spacial score (nSPS) is 10.6. The quantitative estimate of drug-likeness (QED) is 0.815. The van der Waals surface area contributed by atoms with Crippen molar-refractivity contribution in [3.63, 3.8) is 0 Å². The van der Waals surface area contributed by atoms with E-state index in [4.69, 9.17) is 0 Å². The number of aromatic nitrogens is 1. The average Bonchev–Trinajstić information content (AvgIpc) is 2.15. The Morgan fingerprint density at radius 2 is 1.86 bits per heavy atom. The summed E-state index contributed by atoms with van der Waals surface area (Å²) >= 11 is 3.34. The summed E-state index contributed by atoms with van der Waals surface area (Å²) in [7, 11) is 0. The second-order valence-corrected chi connectivity index (χ2v) is 3.98. The zero-order valence-corrected chi connectivity index (χ0v) is 9.93. The first-order valence-electron chi connectivity index (χ1n) is 4.46. The minimum atomic E-state index is -0.141. The largest absolute Gasteiger partial charge is 0.506 e. The van der Waals surface area contributed by atoms with Gasteiger partial charge in [0.1, 0.15) is 5.75 Å². The number of rotatable bonds is 3. The van der Waals surface area contributed by atoms with Gasteiger partial charge in [0, 0.05) is 16.6 Å². The van der Waals surface area contributed by atoms with Gasteiger partial charge in [-0.2, -0.15) is 0 Å². The molecule has 1 heterocycles. The second-order valence-electron chi connectivity index (χ2n) is 3.19. The molecule has 4 heteroatoms. The van der Waals surface area contributed by atoms with Crippen molar-refractivity contribution in [3.8, 4) is 5.75 Å². The summed E-state index contributed by atoms with van der Waals surface area (Å²) in [6.07, 6.45) is 0.766. The maximum Gasteiger partial charge on any atom is 0.142 e. The molecule has 0 atom stereocenters. The molecule has 0 radical (unpaired) electrons. The molecule has 0 aromatic carbocycles. The standard InChI is InChI=1S/C10H14BrNO2/c1-6-8(3-4-11)9(5-13)10(14)7(2)12-6/h13-14H,3-5H2,1-2H3. The summed E-state index contributed by atoms with van der Waals surface area (Å²) in [5.41, 5.74) is 3.00. The van der Waals surface area contributed by atoms with Crippen LogP contribution in [0.15, 0.2) is 0 Å². The third kappa shape index (κ3) is 2.07. The minimum absolute atomic E-state index is 0.119. The molecule has 0 spiro atoms. The molecule has 0 aliphatic heterocycles. The highest BCUT2D eigenvalue weighted by Gasteiger charge is 2.13. The van der Waals surface area contributed by atoms with Crippen LogP contribution in [-0.4, -0.2) is 20.5 Å². The van der Waals surface area contributed by atoms with Crippen molar-refractivity contribution < 1.29 is 10.2 Å². The van der Waals surface area contributed by atoms with Crippen LogP contribution in [-0.2, 0) is 13.0 Å². The van der Waals surface area contributed by atoms with Crippen molar-refractivity contribution in [1.29, 1.82) is 0 Å². The van der Waals surface area contributed by atoms with Gasteiger partial charge in [-0.05, 0) is 25.8 Å². The number of hydrogen-bond acceptors (Lipinski definition) is 3. The predicted octanol–water partition coefficient (Wildman–Crippen LogP) is 1.83. The molecule has 0 aliphatic rings. The van der Waals surface area contributed by atoms with Crippen LogP contribution < -0.4 is 0 Å². The smallest absolute Gasteiger partial charge is 0.142 e. The topological polar surface area (TPSA) is 53.4 Å². The molecule has 2 N–H and O–H groups in total. The highest BCUT2D eigenvalue weighted by Crippen LogP contribution is 2.26. The van der Waals surface area contributed by atoms with Crippen molar-refractivity contribution in [2.45, 2.75) is 26.9 Å². The number of hydrogen-bond donors (Lipinski definition) is 2. The van der Waals surface area contributed by atoms with Crippen molar-refractivity contribution in [2.75, 3.05) is 5.33 Å². The Morgan fingerprint density at radius 3 is 2.36 bits per heavy atom. The van der Waals surface area contributed by atoms with Gasteiger partial charge in [-0.3, -0.25) is 4.98 Å². The zero-order valence-electron chi connectivity index (χ0n) is 8.34. The van der Waals surface area contributed by atoms with Crippen LogP contribution in [0.5, 0.6) is 5.75 Å². The van der Waals surface area contributed by atoms with E-state index in [9.17, 15) is 10.2 Å². The second kappa shape index (κ2) is 4.75. The van der Waals surface area contributed by atoms with E-state index in [-0.39, 0.29) is 12.4 Å². The number of halogens is 1. The van der Waals surface area contributed by atoms with Crippen LogP contribution >= 0.6 is 15.9 Å². The Kier molecular flexibility index (Phi) is 3.89. The summed E-state index contributed by atoms with van der Waals surface area (Å²) in [5.74, 6) is 0.119. The van der Waals surface area contributed by atoms with E-state index in [1.54, 1.807) is 6.92 Å². The Bertz CT molecular complexity index is 339. The van der Waals surface area contributed by atoms with Crippen LogP contribution in [0, 0.1) is 13.8 Å². The molecule has 14 heavy (non-hydrogen) atoms. The first-order valence-corrected chi connectivity index (χ1v) is 5.58. The number of aromatic hydroxyl groups is 1. The number of aliphatic hydroxyl groups excluding tert-OH is 1. The Hall–Kier alpha value is -0.610. The first-order chi connectivity index (χ1) is 6.61. The highest BCUT2D eigenvalue weighted by atomic mass is 79.9. The third-order valence-electron chi connectivity index (χ3n) is 2.27. The lowest BCUT2D eigenvalue weighted by Gasteiger charge is -2.12. The van der Waals surface area contributed by atoms with Gasteiger partial charge in [-0.1, -0.05) is 15.9 Å². The molecule has 1 aromatic rings. The van der Waals surface area contributed by atoms with Gasteiger partial charge in [-0.25, -0.2) is 0 Å². The fourth-order valence-corrected chi connectivity index (χ4v) is 1.94. The van der Waals surface area contributed by atoms with Gasteiger partial charge in [0.2, 0.25) is 0 Å². The van der Waals surface area contributed by atoms with Gasteiger partial charge in [-0.15, -0.1) is 0 Å². The minimum Gasteiger partial charge on any atom is -0.506 e. The first kappa shape index (κ1) is 11.5. The van der Waals surface area contributed by atoms with Gasteiger partial charge < -0.3 is 10.2 Å². The fraction of sp³-hybridized carbons (Fsp3) is 0.500. The number of aryl methyl sites for hydroxylation is 2. The van der Waals surface area contributed by atoms with Crippen molar-refractivity contribution in [2.24, 2.45) is 0 Å². The summed E-state index contributed by atoms with van der Waals surface area (Å²) in [5, 5.41) is 19.7. The van der Waals surface area contributed by atoms with Gasteiger partial charge in [0.15, 0.2) is 0 Å². The van der Waals surface area contributed by atoms with Gasteiger partial charge in [0.05, 0.1) is 12.3 Å². The van der Waals surface area contributed by atoms with E-state index >= 15 is 0 Å². The molecule has 78 valence electrons. The van der Waals surface area contributed by atoms with E-state index in [0.29, 0.717) is 11.3 Å². The fourth-order valence-electron chi connectivity index (χ4n) is 1.55. The van der Waals surface area contributed by atoms with Gasteiger partial charge in [0.25, 0.3) is 0 Å².